The molecule has 1 N–H and O–H groups in total. The van der Waals surface area contributed by atoms with Gasteiger partial charge in [-0.05, 0) is 46.9 Å². The number of imidazole rings is 1. The molecule has 216 valence electrons. The van der Waals surface area contributed by atoms with Gasteiger partial charge in [-0.1, -0.05) is 61.5 Å². The summed E-state index contributed by atoms with van der Waals surface area (Å²) in [5.41, 5.74) is 7.83. The zero-order valence-corrected chi connectivity index (χ0v) is 23.9. The molecule has 1 atom stereocenters. The lowest BCUT2D eigenvalue weighted by atomic mass is 9.93. The number of rotatable bonds is 8. The predicted octanol–water partition coefficient (Wildman–Crippen LogP) is 4.55. The van der Waals surface area contributed by atoms with E-state index in [1.54, 1.807) is 0 Å². The largest absolute Gasteiger partial charge is 0.468 e. The van der Waals surface area contributed by atoms with Crippen molar-refractivity contribution in [3.05, 3.63) is 83.7 Å². The number of nitrogens with zero attached hydrogens (tertiary/aromatic N) is 7. The Balaban J connectivity index is 1.22. The molecule has 0 spiro atoms. The molecule has 43 heavy (non-hydrogen) atoms. The molecule has 1 fully saturated rings. The van der Waals surface area contributed by atoms with Crippen molar-refractivity contribution in [1.82, 2.24) is 35.2 Å². The summed E-state index contributed by atoms with van der Waals surface area (Å²) in [7, 11) is 1.30. The molecule has 1 saturated carbocycles. The average Bonchev–Trinajstić information content (AvgIpc) is 3.60. The van der Waals surface area contributed by atoms with Gasteiger partial charge < -0.3 is 9.30 Å². The second-order valence-corrected chi connectivity index (χ2v) is 11.1. The molecular weight excluding hydrogens is 544 g/mol. The molecule has 2 aliphatic rings. The fourth-order valence-corrected chi connectivity index (χ4v) is 5.70. The molecule has 1 aliphatic heterocycles. The highest BCUT2D eigenvalue weighted by molar-refractivity contribution is 6.07. The number of methoxy groups -OCH3 is 1. The van der Waals surface area contributed by atoms with Crippen molar-refractivity contribution in [1.29, 1.82) is 0 Å². The lowest BCUT2D eigenvalue weighted by Gasteiger charge is -2.27. The van der Waals surface area contributed by atoms with Gasteiger partial charge in [0.05, 0.1) is 23.9 Å². The Labute approximate surface area is 247 Å². The van der Waals surface area contributed by atoms with Gasteiger partial charge in [-0.25, -0.2) is 9.99 Å². The van der Waals surface area contributed by atoms with Gasteiger partial charge in [0.1, 0.15) is 12.4 Å². The molecule has 0 radical (unpaired) electrons. The van der Waals surface area contributed by atoms with Crippen LogP contribution in [0, 0.1) is 5.92 Å². The Bertz CT molecular complexity index is 1860. The number of aromatic nitrogens is 6. The number of nitrogens with one attached hydrogen (secondary N) is 1. The molecule has 3 aromatic carbocycles. The first-order chi connectivity index (χ1) is 21.0. The van der Waals surface area contributed by atoms with Crippen LogP contribution in [0.25, 0.3) is 33.5 Å². The first-order valence-corrected chi connectivity index (χ1v) is 14.4. The van der Waals surface area contributed by atoms with Crippen molar-refractivity contribution in [3.63, 3.8) is 0 Å². The minimum absolute atomic E-state index is 0.0824. The number of amides is 1. The summed E-state index contributed by atoms with van der Waals surface area (Å²) >= 11 is 0. The number of ether oxygens (including phenoxy) is 1. The van der Waals surface area contributed by atoms with Crippen LogP contribution in [-0.2, 0) is 20.9 Å². The molecule has 5 aromatic rings. The summed E-state index contributed by atoms with van der Waals surface area (Å²) < 4.78 is 7.07. The van der Waals surface area contributed by atoms with Crippen molar-refractivity contribution in [3.8, 4) is 22.5 Å². The molecule has 2 aromatic heterocycles. The lowest BCUT2D eigenvalue weighted by molar-refractivity contribution is -0.147. The Kier molecular flexibility index (Phi) is 6.77. The minimum atomic E-state index is -0.502. The molecule has 7 rings (SSSR count). The van der Waals surface area contributed by atoms with Crippen LogP contribution in [0.4, 0.5) is 0 Å². The number of esters is 1. The number of hydrogen-bond acceptors (Lipinski definition) is 8. The Morgan fingerprint density at radius 3 is 2.51 bits per heavy atom. The Morgan fingerprint density at radius 2 is 1.79 bits per heavy atom. The SMILES string of the molecule is COC(=O)CN1N=C(c2ccc3nc(C4CC4)n(Cc4ccc(-c5ccccc5-c5nn[nH]n5)cc4)c3c2)C(C)CC1=O. The smallest absolute Gasteiger partial charge is 0.327 e. The van der Waals surface area contributed by atoms with Crippen LogP contribution in [0.3, 0.4) is 0 Å². The number of carbonyl (C=O) groups excluding carboxylic acids is 2. The summed E-state index contributed by atoms with van der Waals surface area (Å²) in [4.78, 5) is 29.5. The Morgan fingerprint density at radius 1 is 1.02 bits per heavy atom. The van der Waals surface area contributed by atoms with Crippen molar-refractivity contribution in [2.75, 3.05) is 13.7 Å². The van der Waals surface area contributed by atoms with E-state index in [1.807, 2.05) is 37.3 Å². The van der Waals surface area contributed by atoms with E-state index in [9.17, 15) is 9.59 Å². The van der Waals surface area contributed by atoms with Crippen molar-refractivity contribution in [2.24, 2.45) is 11.0 Å². The van der Waals surface area contributed by atoms with Crippen molar-refractivity contribution < 1.29 is 14.3 Å². The molecule has 1 unspecified atom stereocenters. The van der Waals surface area contributed by atoms with E-state index in [1.165, 1.54) is 12.1 Å². The number of carbonyl (C=O) groups is 2. The van der Waals surface area contributed by atoms with Crippen molar-refractivity contribution in [2.45, 2.75) is 38.6 Å². The minimum Gasteiger partial charge on any atom is -0.468 e. The molecule has 0 saturated heterocycles. The third kappa shape index (κ3) is 5.18. The normalized spacial score (nSPS) is 16.9. The van der Waals surface area contributed by atoms with E-state index < -0.39 is 5.97 Å². The Hall–Kier alpha value is -5.19. The van der Waals surface area contributed by atoms with E-state index in [0.717, 1.165) is 63.2 Å². The number of tetrazole rings is 1. The van der Waals surface area contributed by atoms with Crippen LogP contribution >= 0.6 is 0 Å². The second-order valence-electron chi connectivity index (χ2n) is 11.1. The predicted molar refractivity (Wildman–Crippen MR) is 160 cm³/mol. The van der Waals surface area contributed by atoms with Crippen molar-refractivity contribution >= 4 is 28.6 Å². The second kappa shape index (κ2) is 10.9. The van der Waals surface area contributed by atoms with Gasteiger partial charge in [0.15, 0.2) is 0 Å². The maximum Gasteiger partial charge on any atom is 0.327 e. The molecule has 3 heterocycles. The van der Waals surface area contributed by atoms with Gasteiger partial charge in [0, 0.05) is 35.9 Å². The average molecular weight is 575 g/mol. The lowest BCUT2D eigenvalue weighted by Crippen LogP contribution is -2.39. The van der Waals surface area contributed by atoms with Gasteiger partial charge in [-0.3, -0.25) is 9.59 Å². The number of fused-ring (bicyclic) bond motifs is 1. The van der Waals surface area contributed by atoms with E-state index in [4.69, 9.17) is 9.72 Å². The third-order valence-electron chi connectivity index (χ3n) is 8.11. The van der Waals surface area contributed by atoms with E-state index in [0.29, 0.717) is 18.3 Å². The molecule has 11 heteroatoms. The number of H-pyrrole nitrogens is 1. The summed E-state index contributed by atoms with van der Waals surface area (Å²) in [5.74, 6) is 1.34. The molecular formula is C32H30N8O3. The standard InChI is InChI=1S/C32H30N8O3/c1-19-15-28(41)40(18-29(42)43-2)36-30(19)23-13-14-26-27(16-23)39(32(33-26)22-11-12-22)17-20-7-9-21(10-8-20)24-5-3-4-6-25(24)31-34-37-38-35-31/h3-10,13-14,16,19,22H,11-12,15,17-18H2,1-2H3,(H,34,35,37,38). The number of benzene rings is 3. The number of aromatic amines is 1. The van der Waals surface area contributed by atoms with Gasteiger partial charge in [0.25, 0.3) is 0 Å². The molecule has 1 amide bonds. The number of hydrazone groups is 1. The topological polar surface area (TPSA) is 131 Å². The first kappa shape index (κ1) is 26.7. The zero-order valence-electron chi connectivity index (χ0n) is 23.9. The summed E-state index contributed by atoms with van der Waals surface area (Å²) in [5, 5.41) is 20.4. The van der Waals surface area contributed by atoms with Crippen LogP contribution in [0.2, 0.25) is 0 Å². The third-order valence-corrected chi connectivity index (χ3v) is 8.11. The van der Waals surface area contributed by atoms with Gasteiger partial charge in [-0.15, -0.1) is 10.2 Å². The van der Waals surface area contributed by atoms with Crippen LogP contribution < -0.4 is 0 Å². The molecule has 11 nitrogen and oxygen atoms in total. The van der Waals surface area contributed by atoms with Crippen LogP contribution in [0.5, 0.6) is 0 Å². The fourth-order valence-electron chi connectivity index (χ4n) is 5.70. The van der Waals surface area contributed by atoms with E-state index in [2.05, 4.69) is 66.7 Å². The van der Waals surface area contributed by atoms with E-state index in [-0.39, 0.29) is 24.8 Å². The van der Waals surface area contributed by atoms with Gasteiger partial charge >= 0.3 is 5.97 Å². The summed E-state index contributed by atoms with van der Waals surface area (Å²) in [6.07, 6.45) is 2.55. The highest BCUT2D eigenvalue weighted by Crippen LogP contribution is 2.41. The highest BCUT2D eigenvalue weighted by atomic mass is 16.5. The van der Waals surface area contributed by atoms with Gasteiger partial charge in [-0.2, -0.15) is 10.3 Å². The monoisotopic (exact) mass is 574 g/mol. The zero-order chi connectivity index (χ0) is 29.5. The number of hydrogen-bond donors (Lipinski definition) is 1. The quantitative estimate of drug-likeness (QED) is 0.269. The first-order valence-electron chi connectivity index (χ1n) is 14.4. The maximum absolute atomic E-state index is 12.6. The summed E-state index contributed by atoms with van der Waals surface area (Å²) in [6, 6.07) is 22.7. The van der Waals surface area contributed by atoms with Crippen LogP contribution in [-0.4, -0.2) is 66.4 Å². The van der Waals surface area contributed by atoms with Gasteiger partial charge in [0.2, 0.25) is 11.7 Å². The fraction of sp³-hybridized carbons (Fsp3) is 0.281. The van der Waals surface area contributed by atoms with E-state index >= 15 is 0 Å². The highest BCUT2D eigenvalue weighted by Gasteiger charge is 2.31. The maximum atomic E-state index is 12.6. The molecule has 0 bridgehead atoms. The van der Waals surface area contributed by atoms with Crippen LogP contribution in [0.1, 0.15) is 49.1 Å². The summed E-state index contributed by atoms with van der Waals surface area (Å²) in [6.45, 7) is 2.46. The van der Waals surface area contributed by atoms with Crippen LogP contribution in [0.15, 0.2) is 71.8 Å². The molecule has 1 aliphatic carbocycles.